The molecular formula is C33H31ClN4O5. The Labute approximate surface area is 254 Å². The van der Waals surface area contributed by atoms with E-state index in [-0.39, 0.29) is 30.3 Å². The van der Waals surface area contributed by atoms with Gasteiger partial charge in [0.05, 0.1) is 11.4 Å². The smallest absolute Gasteiger partial charge is 0.275 e. The van der Waals surface area contributed by atoms with Gasteiger partial charge in [0, 0.05) is 54.0 Å². The number of anilines is 1. The van der Waals surface area contributed by atoms with Gasteiger partial charge in [0.1, 0.15) is 22.9 Å². The molecule has 3 aliphatic rings. The third-order valence-electron chi connectivity index (χ3n) is 8.00. The number of hydrogen-bond acceptors (Lipinski definition) is 7. The number of nitrogens with one attached hydrogen (secondary N) is 2. The molecular weight excluding hydrogens is 568 g/mol. The Morgan fingerprint density at radius 3 is 2.70 bits per heavy atom. The number of phenolic OH excluding ortho intramolecular Hbond substituents is 1. The fourth-order valence-electron chi connectivity index (χ4n) is 5.80. The number of fused-ring (bicyclic) bond motifs is 4. The van der Waals surface area contributed by atoms with Crippen molar-refractivity contribution < 1.29 is 24.2 Å². The van der Waals surface area contributed by atoms with Crippen LogP contribution in [0.4, 0.5) is 5.69 Å². The van der Waals surface area contributed by atoms with Gasteiger partial charge in [-0.3, -0.25) is 9.59 Å². The molecule has 0 saturated carbocycles. The molecule has 0 spiro atoms. The van der Waals surface area contributed by atoms with Crippen LogP contribution in [0, 0.1) is 6.92 Å². The summed E-state index contributed by atoms with van der Waals surface area (Å²) >= 11 is 6.49. The molecule has 6 rings (SSSR count). The molecule has 220 valence electrons. The van der Waals surface area contributed by atoms with Gasteiger partial charge in [0.15, 0.2) is 6.79 Å². The van der Waals surface area contributed by atoms with Crippen LogP contribution in [0.15, 0.2) is 96.1 Å². The molecule has 3 heterocycles. The second-order valence-corrected chi connectivity index (χ2v) is 11.4. The van der Waals surface area contributed by atoms with E-state index in [1.165, 1.54) is 7.11 Å². The number of benzene rings is 3. The zero-order chi connectivity index (χ0) is 30.5. The SMILES string of the molecule is C=C(Cl)C1CN(C(=O)C2=CN3C=C(NC(=O)c4ccc(OCOC)cc4)C=CC3(C)N2)c2cc(O)c3cccc(C)c3c21. The van der Waals surface area contributed by atoms with Crippen LogP contribution >= 0.6 is 11.6 Å². The van der Waals surface area contributed by atoms with Gasteiger partial charge in [-0.1, -0.05) is 36.4 Å². The van der Waals surface area contributed by atoms with Gasteiger partial charge in [-0.2, -0.15) is 0 Å². The molecule has 43 heavy (non-hydrogen) atoms. The van der Waals surface area contributed by atoms with Crippen molar-refractivity contribution in [3.8, 4) is 11.5 Å². The number of rotatable bonds is 7. The largest absolute Gasteiger partial charge is 0.507 e. The first kappa shape index (κ1) is 28.4. The molecule has 0 aromatic heterocycles. The highest BCUT2D eigenvalue weighted by Gasteiger charge is 2.42. The van der Waals surface area contributed by atoms with Crippen molar-refractivity contribution >= 4 is 39.9 Å². The average Bonchev–Trinajstić information content (AvgIpc) is 3.54. The minimum Gasteiger partial charge on any atom is -0.507 e. The Hall–Kier alpha value is -4.73. The number of halogens is 1. The fraction of sp³-hybridized carbons (Fsp3) is 0.212. The second kappa shape index (κ2) is 10.8. The Kier molecular flexibility index (Phi) is 7.15. The Morgan fingerprint density at radius 2 is 1.98 bits per heavy atom. The molecule has 0 radical (unpaired) electrons. The third-order valence-corrected chi connectivity index (χ3v) is 8.26. The first-order chi connectivity index (χ1) is 20.6. The first-order valence-electron chi connectivity index (χ1n) is 13.7. The molecule has 0 bridgehead atoms. The number of ether oxygens (including phenoxy) is 2. The van der Waals surface area contributed by atoms with Crippen LogP contribution in [-0.4, -0.2) is 47.9 Å². The Morgan fingerprint density at radius 1 is 1.21 bits per heavy atom. The van der Waals surface area contributed by atoms with Crippen molar-refractivity contribution in [2.75, 3.05) is 25.3 Å². The van der Waals surface area contributed by atoms with E-state index in [0.717, 1.165) is 16.5 Å². The average molecular weight is 599 g/mol. The molecule has 3 aromatic carbocycles. The summed E-state index contributed by atoms with van der Waals surface area (Å²) < 4.78 is 10.3. The highest BCUT2D eigenvalue weighted by Crippen LogP contribution is 2.49. The van der Waals surface area contributed by atoms with Crippen LogP contribution in [0.3, 0.4) is 0 Å². The molecule has 0 fully saturated rings. The van der Waals surface area contributed by atoms with Crippen molar-refractivity contribution in [2.24, 2.45) is 0 Å². The van der Waals surface area contributed by atoms with Gasteiger partial charge in [-0.05, 0) is 66.8 Å². The van der Waals surface area contributed by atoms with Gasteiger partial charge in [0.25, 0.3) is 11.8 Å². The number of carbonyl (C=O) groups is 2. The molecule has 2 unspecified atom stereocenters. The van der Waals surface area contributed by atoms with Gasteiger partial charge >= 0.3 is 0 Å². The number of hydrogen-bond donors (Lipinski definition) is 3. The Bertz CT molecular complexity index is 1760. The van der Waals surface area contributed by atoms with Crippen LogP contribution in [0.2, 0.25) is 0 Å². The zero-order valence-electron chi connectivity index (χ0n) is 24.0. The summed E-state index contributed by atoms with van der Waals surface area (Å²) in [6.45, 7) is 8.31. The number of amides is 2. The van der Waals surface area contributed by atoms with Crippen LogP contribution in [0.25, 0.3) is 10.8 Å². The van der Waals surface area contributed by atoms with Crippen molar-refractivity contribution in [3.05, 3.63) is 113 Å². The van der Waals surface area contributed by atoms with E-state index in [1.807, 2.05) is 43.0 Å². The van der Waals surface area contributed by atoms with E-state index in [2.05, 4.69) is 17.2 Å². The molecule has 10 heteroatoms. The lowest BCUT2D eigenvalue weighted by atomic mass is 9.91. The van der Waals surface area contributed by atoms with E-state index >= 15 is 0 Å². The lowest BCUT2D eigenvalue weighted by Gasteiger charge is -2.34. The molecule has 0 aliphatic carbocycles. The summed E-state index contributed by atoms with van der Waals surface area (Å²) in [5.41, 5.74) is 3.12. The fourth-order valence-corrected chi connectivity index (χ4v) is 5.97. The monoisotopic (exact) mass is 598 g/mol. The van der Waals surface area contributed by atoms with E-state index < -0.39 is 5.66 Å². The minimum absolute atomic E-state index is 0.0946. The number of nitrogens with zero attached hydrogens (tertiary/aromatic N) is 2. The molecule has 3 aromatic rings. The lowest BCUT2D eigenvalue weighted by Crippen LogP contribution is -2.48. The van der Waals surface area contributed by atoms with Gasteiger partial charge in [-0.15, -0.1) is 0 Å². The summed E-state index contributed by atoms with van der Waals surface area (Å²) in [5.74, 6) is -0.164. The molecule has 3 N–H and O–H groups in total. The van der Waals surface area contributed by atoms with Crippen molar-refractivity contribution in [1.29, 1.82) is 0 Å². The predicted molar refractivity (Wildman–Crippen MR) is 166 cm³/mol. The summed E-state index contributed by atoms with van der Waals surface area (Å²) in [6, 6.07) is 14.1. The van der Waals surface area contributed by atoms with Gasteiger partial charge in [0.2, 0.25) is 0 Å². The third kappa shape index (κ3) is 5.00. The lowest BCUT2D eigenvalue weighted by molar-refractivity contribution is -0.115. The van der Waals surface area contributed by atoms with E-state index in [9.17, 15) is 14.7 Å². The number of aryl methyl sites for hydroxylation is 1. The molecule has 2 amide bonds. The van der Waals surface area contributed by atoms with E-state index in [1.54, 1.807) is 53.7 Å². The quantitative estimate of drug-likeness (QED) is 0.316. The zero-order valence-corrected chi connectivity index (χ0v) is 24.7. The second-order valence-electron chi connectivity index (χ2n) is 10.9. The number of carbonyl (C=O) groups excluding carboxylic acids is 2. The minimum atomic E-state index is -0.723. The van der Waals surface area contributed by atoms with Crippen molar-refractivity contribution in [2.45, 2.75) is 25.4 Å². The highest BCUT2D eigenvalue weighted by molar-refractivity contribution is 6.30. The molecule has 3 aliphatic heterocycles. The topological polar surface area (TPSA) is 103 Å². The summed E-state index contributed by atoms with van der Waals surface area (Å²) in [6.07, 6.45) is 7.16. The standard InChI is InChI=1S/C33H31ClN4O5/c1-19-6-5-7-24-28(39)14-27-30(29(19)24)25(20(2)34)16-38(27)32(41)26-17-37-15-22(12-13-33(37,3)36-26)35-31(40)21-8-10-23(11-9-21)43-18-42-4/h5-15,17,25,36,39H,2,16,18H2,1,3-4H3,(H,35,40). The van der Waals surface area contributed by atoms with Crippen molar-refractivity contribution in [1.82, 2.24) is 15.5 Å². The van der Waals surface area contributed by atoms with Crippen LogP contribution in [0.5, 0.6) is 11.5 Å². The number of aromatic hydroxyl groups is 1. The van der Waals surface area contributed by atoms with Crippen molar-refractivity contribution in [3.63, 3.8) is 0 Å². The molecule has 2 atom stereocenters. The maximum atomic E-state index is 14.0. The molecule has 9 nitrogen and oxygen atoms in total. The van der Waals surface area contributed by atoms with Gasteiger partial charge < -0.3 is 35.0 Å². The summed E-state index contributed by atoms with van der Waals surface area (Å²) in [4.78, 5) is 30.4. The number of allylic oxidation sites excluding steroid dienone is 1. The summed E-state index contributed by atoms with van der Waals surface area (Å²) in [7, 11) is 1.54. The normalized spacial score (nSPS) is 20.2. The number of methoxy groups -OCH3 is 1. The van der Waals surface area contributed by atoms with E-state index in [0.29, 0.717) is 45.4 Å². The van der Waals surface area contributed by atoms with Crippen LogP contribution in [-0.2, 0) is 9.53 Å². The first-order valence-corrected chi connectivity index (χ1v) is 14.1. The Balaban J connectivity index is 1.25. The van der Waals surface area contributed by atoms with Crippen LogP contribution in [0.1, 0.15) is 34.3 Å². The van der Waals surface area contributed by atoms with Crippen LogP contribution < -0.4 is 20.3 Å². The highest BCUT2D eigenvalue weighted by atomic mass is 35.5. The predicted octanol–water partition coefficient (Wildman–Crippen LogP) is 5.32. The molecule has 0 saturated heterocycles. The summed E-state index contributed by atoms with van der Waals surface area (Å²) in [5, 5.41) is 19.1. The van der Waals surface area contributed by atoms with Gasteiger partial charge in [-0.25, -0.2) is 0 Å². The maximum absolute atomic E-state index is 14.0. The maximum Gasteiger partial charge on any atom is 0.275 e. The van der Waals surface area contributed by atoms with E-state index in [4.69, 9.17) is 21.1 Å². The number of phenols is 1.